The summed E-state index contributed by atoms with van der Waals surface area (Å²) in [5.74, 6) is 0.937. The maximum Gasteiger partial charge on any atom is 0.0472 e. The maximum absolute atomic E-state index is 5.61. The zero-order valence-electron chi connectivity index (χ0n) is 12.5. The van der Waals surface area contributed by atoms with Crippen molar-refractivity contribution in [3.05, 3.63) is 0 Å². The van der Waals surface area contributed by atoms with Crippen LogP contribution in [0.15, 0.2) is 0 Å². The van der Waals surface area contributed by atoms with E-state index in [0.29, 0.717) is 5.41 Å². The smallest absolute Gasteiger partial charge is 0.0472 e. The van der Waals surface area contributed by atoms with Gasteiger partial charge in [0.25, 0.3) is 0 Å². The molecule has 1 aliphatic carbocycles. The Labute approximate surface area is 118 Å². The Morgan fingerprint density at radius 3 is 2.42 bits per heavy atom. The highest BCUT2D eigenvalue weighted by atomic mass is 16.5. The molecule has 2 heterocycles. The fourth-order valence-corrected chi connectivity index (χ4v) is 3.54. The van der Waals surface area contributed by atoms with Crippen LogP contribution in [-0.4, -0.2) is 50.3 Å². The van der Waals surface area contributed by atoms with Gasteiger partial charge < -0.3 is 15.0 Å². The summed E-state index contributed by atoms with van der Waals surface area (Å²) >= 11 is 0. The summed E-state index contributed by atoms with van der Waals surface area (Å²) in [5, 5.41) is 3.78. The van der Waals surface area contributed by atoms with Gasteiger partial charge in [0.2, 0.25) is 0 Å². The van der Waals surface area contributed by atoms with E-state index in [-0.39, 0.29) is 0 Å². The number of nitrogens with one attached hydrogen (secondary N) is 1. The van der Waals surface area contributed by atoms with Crippen LogP contribution in [0.25, 0.3) is 0 Å². The minimum Gasteiger partial charge on any atom is -0.381 e. The molecule has 3 nitrogen and oxygen atoms in total. The first-order valence-electron chi connectivity index (χ1n) is 8.29. The summed E-state index contributed by atoms with van der Waals surface area (Å²) in [6, 6.07) is 0.834. The number of likely N-dealkylation sites (tertiary alicyclic amines) is 1. The molecule has 3 heteroatoms. The Morgan fingerprint density at radius 1 is 1.11 bits per heavy atom. The molecule has 3 fully saturated rings. The van der Waals surface area contributed by atoms with Gasteiger partial charge >= 0.3 is 0 Å². The van der Waals surface area contributed by atoms with Gasteiger partial charge in [0.1, 0.15) is 0 Å². The zero-order valence-corrected chi connectivity index (χ0v) is 12.5. The monoisotopic (exact) mass is 266 g/mol. The van der Waals surface area contributed by atoms with Crippen LogP contribution >= 0.6 is 0 Å². The predicted molar refractivity (Wildman–Crippen MR) is 78.3 cm³/mol. The number of nitrogens with zero attached hydrogens (tertiary/aromatic N) is 1. The number of ether oxygens (including phenoxy) is 1. The summed E-state index contributed by atoms with van der Waals surface area (Å²) in [7, 11) is 0. The molecule has 2 aliphatic heterocycles. The molecule has 19 heavy (non-hydrogen) atoms. The highest BCUT2D eigenvalue weighted by Crippen LogP contribution is 2.33. The van der Waals surface area contributed by atoms with Crippen LogP contribution in [0.1, 0.15) is 45.4 Å². The van der Waals surface area contributed by atoms with Crippen LogP contribution in [-0.2, 0) is 4.74 Å². The molecular weight excluding hydrogens is 236 g/mol. The van der Waals surface area contributed by atoms with Crippen LogP contribution in [0.5, 0.6) is 0 Å². The van der Waals surface area contributed by atoms with Crippen molar-refractivity contribution < 1.29 is 4.74 Å². The van der Waals surface area contributed by atoms with E-state index in [0.717, 1.165) is 25.2 Å². The third-order valence-corrected chi connectivity index (χ3v) is 5.33. The molecular formula is C16H30N2O. The summed E-state index contributed by atoms with van der Waals surface area (Å²) < 4.78 is 5.61. The number of hydrogen-bond donors (Lipinski definition) is 1. The van der Waals surface area contributed by atoms with Gasteiger partial charge in [-0.1, -0.05) is 6.92 Å². The van der Waals surface area contributed by atoms with Crippen LogP contribution in [0, 0.1) is 11.3 Å². The molecule has 0 unspecified atom stereocenters. The lowest BCUT2D eigenvalue weighted by Crippen LogP contribution is -2.49. The molecule has 0 atom stereocenters. The highest BCUT2D eigenvalue weighted by molar-refractivity contribution is 4.91. The fraction of sp³-hybridized carbons (Fsp3) is 1.00. The summed E-state index contributed by atoms with van der Waals surface area (Å²) in [6.45, 7) is 9.47. The van der Waals surface area contributed by atoms with Gasteiger partial charge in [-0.15, -0.1) is 0 Å². The largest absolute Gasteiger partial charge is 0.381 e. The first kappa shape index (κ1) is 13.8. The van der Waals surface area contributed by atoms with Gasteiger partial charge in [-0.3, -0.25) is 0 Å². The van der Waals surface area contributed by atoms with E-state index in [1.165, 1.54) is 64.7 Å². The van der Waals surface area contributed by atoms with E-state index in [4.69, 9.17) is 4.74 Å². The van der Waals surface area contributed by atoms with Crippen LogP contribution in [0.4, 0.5) is 0 Å². The van der Waals surface area contributed by atoms with Gasteiger partial charge in [0, 0.05) is 32.3 Å². The molecule has 1 N–H and O–H groups in total. The third-order valence-electron chi connectivity index (χ3n) is 5.33. The molecule has 110 valence electrons. The lowest BCUT2D eigenvalue weighted by Gasteiger charge is -2.43. The SMILES string of the molecule is CC1CCN(CC2(CNC3CC3)CCOCC2)CC1. The number of rotatable bonds is 5. The molecule has 0 aromatic heterocycles. The molecule has 0 radical (unpaired) electrons. The van der Waals surface area contributed by atoms with Crippen molar-refractivity contribution in [3.8, 4) is 0 Å². The normalized spacial score (nSPS) is 29.5. The van der Waals surface area contributed by atoms with E-state index in [1.54, 1.807) is 0 Å². The van der Waals surface area contributed by atoms with E-state index in [2.05, 4.69) is 17.1 Å². The molecule has 0 aromatic rings. The predicted octanol–water partition coefficient (Wildman–Crippen LogP) is 2.27. The van der Waals surface area contributed by atoms with Crippen molar-refractivity contribution >= 4 is 0 Å². The molecule has 0 aromatic carbocycles. The zero-order chi connectivity index (χ0) is 13.1. The maximum atomic E-state index is 5.61. The van der Waals surface area contributed by atoms with E-state index < -0.39 is 0 Å². The second-order valence-electron chi connectivity index (χ2n) is 7.23. The van der Waals surface area contributed by atoms with Crippen LogP contribution in [0.2, 0.25) is 0 Å². The van der Waals surface area contributed by atoms with Gasteiger partial charge in [0.15, 0.2) is 0 Å². The highest BCUT2D eigenvalue weighted by Gasteiger charge is 2.36. The molecule has 0 bridgehead atoms. The topological polar surface area (TPSA) is 24.5 Å². The third kappa shape index (κ3) is 3.93. The number of hydrogen-bond acceptors (Lipinski definition) is 3. The minimum absolute atomic E-state index is 0.488. The Bertz CT molecular complexity index is 276. The molecule has 0 spiro atoms. The van der Waals surface area contributed by atoms with Crippen molar-refractivity contribution in [2.75, 3.05) is 39.4 Å². The first-order chi connectivity index (χ1) is 9.26. The van der Waals surface area contributed by atoms with E-state index in [9.17, 15) is 0 Å². The van der Waals surface area contributed by atoms with Crippen molar-refractivity contribution in [3.63, 3.8) is 0 Å². The van der Waals surface area contributed by atoms with E-state index >= 15 is 0 Å². The van der Waals surface area contributed by atoms with E-state index in [1.807, 2.05) is 0 Å². The van der Waals surface area contributed by atoms with Gasteiger partial charge in [-0.25, -0.2) is 0 Å². The van der Waals surface area contributed by atoms with Crippen molar-refractivity contribution in [2.24, 2.45) is 11.3 Å². The lowest BCUT2D eigenvalue weighted by atomic mass is 9.79. The molecule has 0 amide bonds. The minimum atomic E-state index is 0.488. The Balaban J connectivity index is 1.54. The number of piperidine rings is 1. The fourth-order valence-electron chi connectivity index (χ4n) is 3.54. The van der Waals surface area contributed by atoms with Crippen molar-refractivity contribution in [2.45, 2.75) is 51.5 Å². The molecule has 3 rings (SSSR count). The Kier molecular flexibility index (Phi) is 4.45. The summed E-state index contributed by atoms with van der Waals surface area (Å²) in [4.78, 5) is 2.72. The van der Waals surface area contributed by atoms with Gasteiger partial charge in [-0.2, -0.15) is 0 Å². The van der Waals surface area contributed by atoms with Gasteiger partial charge in [0.05, 0.1) is 0 Å². The van der Waals surface area contributed by atoms with Crippen molar-refractivity contribution in [1.29, 1.82) is 0 Å². The Morgan fingerprint density at radius 2 is 1.79 bits per heavy atom. The second-order valence-corrected chi connectivity index (χ2v) is 7.23. The molecule has 2 saturated heterocycles. The molecule has 3 aliphatic rings. The lowest BCUT2D eigenvalue weighted by molar-refractivity contribution is -0.00936. The first-order valence-corrected chi connectivity index (χ1v) is 8.29. The average molecular weight is 266 g/mol. The van der Waals surface area contributed by atoms with Gasteiger partial charge in [-0.05, 0) is 62.9 Å². The molecule has 1 saturated carbocycles. The van der Waals surface area contributed by atoms with Crippen LogP contribution in [0.3, 0.4) is 0 Å². The Hall–Kier alpha value is -0.120. The summed E-state index contributed by atoms with van der Waals surface area (Å²) in [6.07, 6.45) is 8.07. The quantitative estimate of drug-likeness (QED) is 0.826. The summed E-state index contributed by atoms with van der Waals surface area (Å²) in [5.41, 5.74) is 0.488. The average Bonchev–Trinajstić information content (AvgIpc) is 3.25. The second kappa shape index (κ2) is 6.11. The standard InChI is InChI=1S/C16H30N2O/c1-14-4-8-18(9-5-14)13-16(6-10-19-11-7-16)12-17-15-2-3-15/h14-15,17H,2-13H2,1H3. The van der Waals surface area contributed by atoms with Crippen molar-refractivity contribution in [1.82, 2.24) is 10.2 Å². The van der Waals surface area contributed by atoms with Crippen LogP contribution < -0.4 is 5.32 Å².